The molecule has 1 heterocycles. The lowest BCUT2D eigenvalue weighted by Gasteiger charge is -2.06. The Bertz CT molecular complexity index is 823. The van der Waals surface area contributed by atoms with Crippen LogP contribution in [0.15, 0.2) is 53.7 Å². The number of ether oxygens (including phenoxy) is 1. The summed E-state index contributed by atoms with van der Waals surface area (Å²) in [6.45, 7) is 0.271. The van der Waals surface area contributed by atoms with Crippen molar-refractivity contribution in [1.82, 2.24) is 14.8 Å². The van der Waals surface area contributed by atoms with E-state index < -0.39 is 0 Å². The summed E-state index contributed by atoms with van der Waals surface area (Å²) in [6, 6.07) is 13.6. The molecule has 0 atom stereocenters. The summed E-state index contributed by atoms with van der Waals surface area (Å²) in [4.78, 5) is 0. The zero-order chi connectivity index (χ0) is 16.9. The van der Waals surface area contributed by atoms with E-state index in [1.165, 1.54) is 12.1 Å². The SMILES string of the molecule is Cn1c(COc2ccc(F)cc2)nnc1SCc1cccc(Cl)c1. The molecule has 1 aromatic heterocycles. The molecule has 3 rings (SSSR count). The zero-order valence-electron chi connectivity index (χ0n) is 12.9. The second-order valence-electron chi connectivity index (χ2n) is 5.12. The van der Waals surface area contributed by atoms with Crippen LogP contribution in [0.2, 0.25) is 5.02 Å². The predicted molar refractivity (Wildman–Crippen MR) is 92.7 cm³/mol. The first-order valence-electron chi connectivity index (χ1n) is 7.26. The molecule has 2 aromatic carbocycles. The monoisotopic (exact) mass is 363 g/mol. The van der Waals surface area contributed by atoms with Crippen LogP contribution < -0.4 is 4.74 Å². The van der Waals surface area contributed by atoms with Gasteiger partial charge in [-0.2, -0.15) is 0 Å². The van der Waals surface area contributed by atoms with E-state index in [1.807, 2.05) is 35.9 Å². The Kier molecular flexibility index (Phi) is 5.37. The standard InChI is InChI=1S/C17H15ClFN3OS/c1-22-16(10-23-15-7-5-14(19)6-8-15)20-21-17(22)24-11-12-3-2-4-13(18)9-12/h2-9H,10-11H2,1H3. The van der Waals surface area contributed by atoms with Crippen molar-refractivity contribution in [3.05, 3.63) is 70.8 Å². The van der Waals surface area contributed by atoms with E-state index in [2.05, 4.69) is 10.2 Å². The fraction of sp³-hybridized carbons (Fsp3) is 0.176. The lowest BCUT2D eigenvalue weighted by Crippen LogP contribution is -2.04. The smallest absolute Gasteiger partial charge is 0.191 e. The molecule has 4 nitrogen and oxygen atoms in total. The topological polar surface area (TPSA) is 39.9 Å². The van der Waals surface area contributed by atoms with Crippen LogP contribution in [0.4, 0.5) is 4.39 Å². The van der Waals surface area contributed by atoms with E-state index in [9.17, 15) is 4.39 Å². The summed E-state index contributed by atoms with van der Waals surface area (Å²) in [7, 11) is 1.89. The van der Waals surface area contributed by atoms with Gasteiger partial charge in [0.15, 0.2) is 11.0 Å². The normalized spacial score (nSPS) is 10.8. The van der Waals surface area contributed by atoms with Crippen molar-refractivity contribution in [2.24, 2.45) is 7.05 Å². The molecule has 0 saturated heterocycles. The summed E-state index contributed by atoms with van der Waals surface area (Å²) in [5.41, 5.74) is 1.12. The summed E-state index contributed by atoms with van der Waals surface area (Å²) in [6.07, 6.45) is 0. The van der Waals surface area contributed by atoms with E-state index in [1.54, 1.807) is 23.9 Å². The first kappa shape index (κ1) is 16.8. The number of hydrogen-bond acceptors (Lipinski definition) is 4. The van der Waals surface area contributed by atoms with Crippen LogP contribution in [0, 0.1) is 5.82 Å². The average molecular weight is 364 g/mol. The third-order valence-electron chi connectivity index (χ3n) is 3.36. The molecule has 124 valence electrons. The highest BCUT2D eigenvalue weighted by Gasteiger charge is 2.10. The molecule has 0 fully saturated rings. The van der Waals surface area contributed by atoms with Gasteiger partial charge in [0.25, 0.3) is 0 Å². The molecule has 0 aliphatic carbocycles. The molecule has 0 radical (unpaired) electrons. The molecule has 24 heavy (non-hydrogen) atoms. The van der Waals surface area contributed by atoms with Crippen molar-refractivity contribution >= 4 is 23.4 Å². The number of rotatable bonds is 6. The molecule has 0 saturated carbocycles. The van der Waals surface area contributed by atoms with Crippen LogP contribution in [0.5, 0.6) is 5.75 Å². The predicted octanol–water partition coefficient (Wildman–Crippen LogP) is 4.48. The number of thioether (sulfide) groups is 1. The minimum Gasteiger partial charge on any atom is -0.486 e. The van der Waals surface area contributed by atoms with Crippen LogP contribution in [-0.2, 0) is 19.4 Å². The van der Waals surface area contributed by atoms with Crippen LogP contribution in [0.3, 0.4) is 0 Å². The average Bonchev–Trinajstić information content (AvgIpc) is 2.93. The molecule has 7 heteroatoms. The number of benzene rings is 2. The Labute approximate surface area is 148 Å². The highest BCUT2D eigenvalue weighted by atomic mass is 35.5. The Morgan fingerprint density at radius 3 is 2.71 bits per heavy atom. The van der Waals surface area contributed by atoms with Gasteiger partial charge in [-0.25, -0.2) is 4.39 Å². The summed E-state index contributed by atoms with van der Waals surface area (Å²) in [5, 5.41) is 9.85. The van der Waals surface area contributed by atoms with E-state index in [0.717, 1.165) is 21.5 Å². The fourth-order valence-corrected chi connectivity index (χ4v) is 3.14. The Balaban J connectivity index is 1.60. The van der Waals surface area contributed by atoms with Crippen LogP contribution in [0.1, 0.15) is 11.4 Å². The van der Waals surface area contributed by atoms with Crippen molar-refractivity contribution in [1.29, 1.82) is 0 Å². The van der Waals surface area contributed by atoms with Crippen LogP contribution in [-0.4, -0.2) is 14.8 Å². The maximum atomic E-state index is 12.9. The van der Waals surface area contributed by atoms with E-state index in [-0.39, 0.29) is 12.4 Å². The van der Waals surface area contributed by atoms with E-state index in [0.29, 0.717) is 11.6 Å². The molecule has 0 bridgehead atoms. The molecular weight excluding hydrogens is 349 g/mol. The number of hydrogen-bond donors (Lipinski definition) is 0. The third-order valence-corrected chi connectivity index (χ3v) is 4.69. The Morgan fingerprint density at radius 2 is 1.96 bits per heavy atom. The second kappa shape index (κ2) is 7.68. The Hall–Kier alpha value is -2.05. The van der Waals surface area contributed by atoms with Gasteiger partial charge in [-0.1, -0.05) is 35.5 Å². The van der Waals surface area contributed by atoms with Gasteiger partial charge in [-0.3, -0.25) is 0 Å². The van der Waals surface area contributed by atoms with Gasteiger partial charge in [0.1, 0.15) is 18.2 Å². The van der Waals surface area contributed by atoms with Crippen LogP contribution >= 0.6 is 23.4 Å². The van der Waals surface area contributed by atoms with Gasteiger partial charge >= 0.3 is 0 Å². The fourth-order valence-electron chi connectivity index (χ4n) is 2.05. The summed E-state index contributed by atoms with van der Waals surface area (Å²) >= 11 is 7.57. The second-order valence-corrected chi connectivity index (χ2v) is 6.50. The van der Waals surface area contributed by atoms with Gasteiger partial charge in [0.2, 0.25) is 0 Å². The lowest BCUT2D eigenvalue weighted by atomic mass is 10.2. The molecule has 0 aliphatic rings. The first-order chi connectivity index (χ1) is 11.6. The molecular formula is C17H15ClFN3OS. The zero-order valence-corrected chi connectivity index (χ0v) is 14.5. The van der Waals surface area contributed by atoms with Gasteiger partial charge in [-0.05, 0) is 42.0 Å². The number of aromatic nitrogens is 3. The number of nitrogens with zero attached hydrogens (tertiary/aromatic N) is 3. The molecule has 0 N–H and O–H groups in total. The summed E-state index contributed by atoms with van der Waals surface area (Å²) in [5.74, 6) is 1.76. The molecule has 0 aliphatic heterocycles. The van der Waals surface area contributed by atoms with E-state index in [4.69, 9.17) is 16.3 Å². The third kappa shape index (κ3) is 4.27. The molecule has 0 spiro atoms. The quantitative estimate of drug-likeness (QED) is 0.605. The highest BCUT2D eigenvalue weighted by molar-refractivity contribution is 7.98. The highest BCUT2D eigenvalue weighted by Crippen LogP contribution is 2.23. The van der Waals surface area contributed by atoms with Gasteiger partial charge < -0.3 is 9.30 Å². The Morgan fingerprint density at radius 1 is 1.17 bits per heavy atom. The lowest BCUT2D eigenvalue weighted by molar-refractivity contribution is 0.290. The van der Waals surface area contributed by atoms with Crippen molar-refractivity contribution in [3.8, 4) is 5.75 Å². The maximum absolute atomic E-state index is 12.9. The van der Waals surface area contributed by atoms with Crippen molar-refractivity contribution < 1.29 is 9.13 Å². The van der Waals surface area contributed by atoms with Crippen molar-refractivity contribution in [2.45, 2.75) is 17.5 Å². The van der Waals surface area contributed by atoms with Crippen LogP contribution in [0.25, 0.3) is 0 Å². The minimum absolute atomic E-state index is 0.271. The maximum Gasteiger partial charge on any atom is 0.191 e. The van der Waals surface area contributed by atoms with Crippen molar-refractivity contribution in [2.75, 3.05) is 0 Å². The van der Waals surface area contributed by atoms with E-state index >= 15 is 0 Å². The number of halogens is 2. The van der Waals surface area contributed by atoms with Gasteiger partial charge in [0, 0.05) is 17.8 Å². The largest absolute Gasteiger partial charge is 0.486 e. The first-order valence-corrected chi connectivity index (χ1v) is 8.62. The van der Waals surface area contributed by atoms with Crippen molar-refractivity contribution in [3.63, 3.8) is 0 Å². The van der Waals surface area contributed by atoms with Gasteiger partial charge in [0.05, 0.1) is 0 Å². The molecule has 0 amide bonds. The molecule has 0 unspecified atom stereocenters. The summed E-state index contributed by atoms with van der Waals surface area (Å²) < 4.78 is 20.4. The minimum atomic E-state index is -0.291. The van der Waals surface area contributed by atoms with Gasteiger partial charge in [-0.15, -0.1) is 10.2 Å². The molecule has 3 aromatic rings.